The fraction of sp³-hybridized carbons (Fsp3) is 0.667. The molecule has 0 amide bonds. The van der Waals surface area contributed by atoms with Crippen LogP contribution in [0.3, 0.4) is 0 Å². The summed E-state index contributed by atoms with van der Waals surface area (Å²) in [5.41, 5.74) is 0. The molecule has 3 heteroatoms. The zero-order chi connectivity index (χ0) is 11.8. The second-order valence-corrected chi connectivity index (χ2v) is 2.96. The van der Waals surface area contributed by atoms with Crippen LogP contribution in [0.4, 0.5) is 0 Å². The lowest BCUT2D eigenvalue weighted by Gasteiger charge is -1.76. The van der Waals surface area contributed by atoms with Crippen LogP contribution in [0.1, 0.15) is 26.7 Å². The summed E-state index contributed by atoms with van der Waals surface area (Å²) >= 11 is 5.30. The van der Waals surface area contributed by atoms with Gasteiger partial charge in [0.2, 0.25) is 0 Å². The van der Waals surface area contributed by atoms with Gasteiger partial charge < -0.3 is 10.4 Å². The number of halogens is 1. The molecule has 1 saturated heterocycles. The molecule has 0 aromatic rings. The Hall–Kier alpha value is -0.310. The van der Waals surface area contributed by atoms with Gasteiger partial charge in [0.15, 0.2) is 0 Å². The minimum absolute atomic E-state index is 0.0899. The first-order chi connectivity index (χ1) is 7.41. The van der Waals surface area contributed by atoms with Crippen molar-refractivity contribution >= 4 is 11.6 Å². The van der Waals surface area contributed by atoms with Gasteiger partial charge >= 0.3 is 0 Å². The molecule has 0 radical (unpaired) electrons. The number of alkyl halides is 1. The van der Waals surface area contributed by atoms with Crippen LogP contribution >= 0.6 is 11.6 Å². The SMILES string of the molecule is C1CCNC1.CC.OC/C=C\C=C/CCl. The van der Waals surface area contributed by atoms with Gasteiger partial charge in [0, 0.05) is 5.88 Å². The van der Waals surface area contributed by atoms with Crippen LogP contribution in [-0.2, 0) is 0 Å². The monoisotopic (exact) mass is 233 g/mol. The van der Waals surface area contributed by atoms with E-state index in [0.717, 1.165) is 0 Å². The van der Waals surface area contributed by atoms with Gasteiger partial charge in [0.25, 0.3) is 0 Å². The number of nitrogens with one attached hydrogen (secondary N) is 1. The Morgan fingerprint density at radius 3 is 2.00 bits per heavy atom. The Labute approximate surface area is 99.0 Å². The van der Waals surface area contributed by atoms with Gasteiger partial charge in [-0.2, -0.15) is 0 Å². The minimum Gasteiger partial charge on any atom is -0.392 e. The van der Waals surface area contributed by atoms with E-state index in [2.05, 4.69) is 5.32 Å². The largest absolute Gasteiger partial charge is 0.392 e. The van der Waals surface area contributed by atoms with Crippen molar-refractivity contribution in [2.45, 2.75) is 26.7 Å². The van der Waals surface area contributed by atoms with Gasteiger partial charge in [-0.05, 0) is 25.9 Å². The van der Waals surface area contributed by atoms with Crippen LogP contribution in [0.2, 0.25) is 0 Å². The molecule has 1 rings (SSSR count). The molecular formula is C12H24ClNO. The molecule has 0 aliphatic carbocycles. The Morgan fingerprint density at radius 2 is 1.67 bits per heavy atom. The third-order valence-electron chi connectivity index (χ3n) is 1.53. The summed E-state index contributed by atoms with van der Waals surface area (Å²) < 4.78 is 0. The van der Waals surface area contributed by atoms with Crippen LogP contribution in [0.5, 0.6) is 0 Å². The second-order valence-electron chi connectivity index (χ2n) is 2.65. The first-order valence-electron chi connectivity index (χ1n) is 5.61. The van der Waals surface area contributed by atoms with Crippen molar-refractivity contribution < 1.29 is 5.11 Å². The molecule has 1 fully saturated rings. The highest BCUT2D eigenvalue weighted by Gasteiger charge is 1.93. The molecule has 0 saturated carbocycles. The topological polar surface area (TPSA) is 32.3 Å². The first kappa shape index (κ1) is 17.1. The van der Waals surface area contributed by atoms with Crippen LogP contribution in [0, 0.1) is 0 Å². The summed E-state index contributed by atoms with van der Waals surface area (Å²) in [7, 11) is 0. The normalized spacial score (nSPS) is 14.7. The summed E-state index contributed by atoms with van der Waals surface area (Å²) in [4.78, 5) is 0. The molecule has 0 unspecified atom stereocenters. The van der Waals surface area contributed by atoms with E-state index in [9.17, 15) is 0 Å². The van der Waals surface area contributed by atoms with E-state index in [1.165, 1.54) is 25.9 Å². The number of allylic oxidation sites excluding steroid dienone is 3. The first-order valence-corrected chi connectivity index (χ1v) is 6.14. The summed E-state index contributed by atoms with van der Waals surface area (Å²) in [6.45, 7) is 6.59. The van der Waals surface area contributed by atoms with Crippen molar-refractivity contribution in [1.29, 1.82) is 0 Å². The number of aliphatic hydroxyl groups is 1. The summed E-state index contributed by atoms with van der Waals surface area (Å²) in [6.07, 6.45) is 9.77. The fourth-order valence-corrected chi connectivity index (χ4v) is 0.997. The predicted molar refractivity (Wildman–Crippen MR) is 69.5 cm³/mol. The third-order valence-corrected chi connectivity index (χ3v) is 1.71. The van der Waals surface area contributed by atoms with Crippen LogP contribution < -0.4 is 5.32 Å². The quantitative estimate of drug-likeness (QED) is 0.581. The van der Waals surface area contributed by atoms with E-state index in [1.54, 1.807) is 24.3 Å². The Balaban J connectivity index is 0. The van der Waals surface area contributed by atoms with Crippen molar-refractivity contribution in [3.8, 4) is 0 Å². The number of hydrogen-bond acceptors (Lipinski definition) is 2. The van der Waals surface area contributed by atoms with E-state index in [0.29, 0.717) is 5.88 Å². The van der Waals surface area contributed by atoms with Crippen LogP contribution in [0.25, 0.3) is 0 Å². The number of rotatable bonds is 3. The van der Waals surface area contributed by atoms with Gasteiger partial charge in [-0.3, -0.25) is 0 Å². The number of aliphatic hydroxyl groups excluding tert-OH is 1. The Bertz CT molecular complexity index is 123. The molecule has 1 aliphatic rings. The molecule has 90 valence electrons. The lowest BCUT2D eigenvalue weighted by molar-refractivity contribution is 0.343. The second kappa shape index (κ2) is 19.3. The fourth-order valence-electron chi connectivity index (χ4n) is 0.894. The van der Waals surface area contributed by atoms with Gasteiger partial charge in [-0.1, -0.05) is 38.2 Å². The highest BCUT2D eigenvalue weighted by Crippen LogP contribution is 1.90. The van der Waals surface area contributed by atoms with E-state index in [4.69, 9.17) is 16.7 Å². The minimum atomic E-state index is 0.0899. The van der Waals surface area contributed by atoms with Gasteiger partial charge in [-0.15, -0.1) is 11.6 Å². The molecule has 0 spiro atoms. The summed E-state index contributed by atoms with van der Waals surface area (Å²) in [5, 5.41) is 11.4. The van der Waals surface area contributed by atoms with Crippen molar-refractivity contribution in [1.82, 2.24) is 5.32 Å². The van der Waals surface area contributed by atoms with Gasteiger partial charge in [0.05, 0.1) is 6.61 Å². The standard InChI is InChI=1S/C6H9ClO.C4H9N.C2H6/c7-5-3-1-2-4-6-8;1-2-4-5-3-1;1-2/h1-4,8H,5-6H2;5H,1-4H2;1-2H3/b3-1-,4-2-;;. The predicted octanol–water partition coefficient (Wildman–Crippen LogP) is 2.73. The molecule has 1 aliphatic heterocycles. The average molecular weight is 234 g/mol. The maximum Gasteiger partial charge on any atom is 0.0615 e. The van der Waals surface area contributed by atoms with E-state index >= 15 is 0 Å². The average Bonchev–Trinajstić information content (AvgIpc) is 2.86. The lowest BCUT2D eigenvalue weighted by atomic mass is 10.4. The molecule has 0 aromatic heterocycles. The zero-order valence-electron chi connectivity index (χ0n) is 9.88. The molecular weight excluding hydrogens is 210 g/mol. The van der Waals surface area contributed by atoms with Crippen LogP contribution in [-0.4, -0.2) is 30.7 Å². The molecule has 15 heavy (non-hydrogen) atoms. The molecule has 2 N–H and O–H groups in total. The highest BCUT2D eigenvalue weighted by molar-refractivity contribution is 6.18. The Morgan fingerprint density at radius 1 is 1.13 bits per heavy atom. The summed E-state index contributed by atoms with van der Waals surface area (Å²) in [5.74, 6) is 0.524. The molecule has 1 heterocycles. The maximum atomic E-state index is 8.21. The van der Waals surface area contributed by atoms with Crippen molar-refractivity contribution in [2.24, 2.45) is 0 Å². The number of hydrogen-bond donors (Lipinski definition) is 2. The van der Waals surface area contributed by atoms with E-state index in [-0.39, 0.29) is 6.61 Å². The molecule has 2 nitrogen and oxygen atoms in total. The van der Waals surface area contributed by atoms with E-state index < -0.39 is 0 Å². The van der Waals surface area contributed by atoms with Crippen molar-refractivity contribution in [3.63, 3.8) is 0 Å². The van der Waals surface area contributed by atoms with Gasteiger partial charge in [0.1, 0.15) is 0 Å². The smallest absolute Gasteiger partial charge is 0.0615 e. The molecule has 0 aromatic carbocycles. The van der Waals surface area contributed by atoms with Crippen molar-refractivity contribution in [2.75, 3.05) is 25.6 Å². The van der Waals surface area contributed by atoms with Gasteiger partial charge in [-0.25, -0.2) is 0 Å². The molecule has 0 bridgehead atoms. The zero-order valence-corrected chi connectivity index (χ0v) is 10.6. The summed E-state index contributed by atoms with van der Waals surface area (Å²) in [6, 6.07) is 0. The highest BCUT2D eigenvalue weighted by atomic mass is 35.5. The lowest BCUT2D eigenvalue weighted by Crippen LogP contribution is -2.03. The maximum absolute atomic E-state index is 8.21. The molecule has 0 atom stereocenters. The van der Waals surface area contributed by atoms with Crippen molar-refractivity contribution in [3.05, 3.63) is 24.3 Å². The third kappa shape index (κ3) is 19.9. The van der Waals surface area contributed by atoms with Crippen LogP contribution in [0.15, 0.2) is 24.3 Å². The Kier molecular flexibility index (Phi) is 22.0. The van der Waals surface area contributed by atoms with E-state index in [1.807, 2.05) is 13.8 Å².